The van der Waals surface area contributed by atoms with Gasteiger partial charge in [-0.05, 0) is 36.6 Å². The second kappa shape index (κ2) is 3.52. The third-order valence-corrected chi connectivity index (χ3v) is 2.09. The number of benzene rings is 1. The maximum absolute atomic E-state index is 5.86. The molecule has 0 heterocycles. The predicted molar refractivity (Wildman–Crippen MR) is 59.4 cm³/mol. The van der Waals surface area contributed by atoms with Crippen LogP contribution in [0.5, 0.6) is 0 Å². The van der Waals surface area contributed by atoms with Gasteiger partial charge >= 0.3 is 0 Å². The smallest absolute Gasteiger partial charge is 0.0413 e. The number of rotatable bonds is 2. The largest absolute Gasteiger partial charge is 0.398 e. The van der Waals surface area contributed by atoms with Crippen molar-refractivity contribution in [1.82, 2.24) is 0 Å². The molecule has 0 aliphatic carbocycles. The molecule has 4 N–H and O–H groups in total. The molecule has 0 saturated heterocycles. The molecule has 2 heteroatoms. The van der Waals surface area contributed by atoms with Crippen molar-refractivity contribution in [2.45, 2.75) is 20.3 Å². The minimum atomic E-state index is 0.726. The lowest BCUT2D eigenvalue weighted by molar-refractivity contribution is 1.14. The van der Waals surface area contributed by atoms with Crippen LogP contribution in [0.15, 0.2) is 18.7 Å². The zero-order valence-electron chi connectivity index (χ0n) is 8.22. The summed E-state index contributed by atoms with van der Waals surface area (Å²) in [5.41, 5.74) is 16.1. The van der Waals surface area contributed by atoms with Crippen molar-refractivity contribution < 1.29 is 0 Å². The van der Waals surface area contributed by atoms with Crippen molar-refractivity contribution in [1.29, 1.82) is 0 Å². The van der Waals surface area contributed by atoms with E-state index in [2.05, 4.69) is 13.5 Å². The topological polar surface area (TPSA) is 52.0 Å². The third-order valence-electron chi connectivity index (χ3n) is 2.09. The lowest BCUT2D eigenvalue weighted by Crippen LogP contribution is -2.00. The number of allylic oxidation sites excluding steroid dienone is 1. The standard InChI is InChI=1S/C11H16N2/c1-4-8-5-9(12)11(7(2)3)10(13)6-8/h5-6H,2,4,12-13H2,1,3H3. The van der Waals surface area contributed by atoms with E-state index in [0.29, 0.717) is 0 Å². The Kier molecular flexibility index (Phi) is 2.61. The summed E-state index contributed by atoms with van der Waals surface area (Å²) in [6.45, 7) is 7.83. The van der Waals surface area contributed by atoms with Gasteiger partial charge in [0.2, 0.25) is 0 Å². The van der Waals surface area contributed by atoms with Crippen molar-refractivity contribution in [2.75, 3.05) is 11.5 Å². The van der Waals surface area contributed by atoms with Crippen LogP contribution in [0.1, 0.15) is 25.0 Å². The number of nitrogens with two attached hydrogens (primary N) is 2. The summed E-state index contributed by atoms with van der Waals surface area (Å²) in [7, 11) is 0. The number of hydrogen-bond acceptors (Lipinski definition) is 2. The molecule has 0 unspecified atom stereocenters. The van der Waals surface area contributed by atoms with Crippen LogP contribution in [0.4, 0.5) is 11.4 Å². The van der Waals surface area contributed by atoms with E-state index in [0.717, 1.165) is 28.9 Å². The molecular weight excluding hydrogens is 160 g/mol. The summed E-state index contributed by atoms with van der Waals surface area (Å²) < 4.78 is 0. The SMILES string of the molecule is C=C(C)c1c(N)cc(CC)cc1N. The first kappa shape index (κ1) is 9.65. The molecule has 0 spiro atoms. The zero-order valence-corrected chi connectivity index (χ0v) is 8.22. The molecule has 1 aromatic rings. The van der Waals surface area contributed by atoms with Crippen LogP contribution in [0.3, 0.4) is 0 Å². The van der Waals surface area contributed by atoms with Gasteiger partial charge in [0.1, 0.15) is 0 Å². The molecule has 1 rings (SSSR count). The van der Waals surface area contributed by atoms with Gasteiger partial charge in [-0.3, -0.25) is 0 Å². The van der Waals surface area contributed by atoms with E-state index >= 15 is 0 Å². The fraction of sp³-hybridized carbons (Fsp3) is 0.273. The van der Waals surface area contributed by atoms with Crippen LogP contribution in [0, 0.1) is 0 Å². The van der Waals surface area contributed by atoms with Crippen molar-refractivity contribution >= 4 is 16.9 Å². The highest BCUT2D eigenvalue weighted by Gasteiger charge is 2.05. The third kappa shape index (κ3) is 1.83. The molecule has 2 nitrogen and oxygen atoms in total. The fourth-order valence-corrected chi connectivity index (χ4v) is 1.45. The Morgan fingerprint density at radius 1 is 1.31 bits per heavy atom. The Balaban J connectivity index is 3.31. The minimum Gasteiger partial charge on any atom is -0.398 e. The first-order valence-corrected chi connectivity index (χ1v) is 4.40. The molecule has 0 aliphatic rings. The predicted octanol–water partition coefficient (Wildman–Crippen LogP) is 2.45. The maximum Gasteiger partial charge on any atom is 0.0413 e. The van der Waals surface area contributed by atoms with Gasteiger partial charge in [0, 0.05) is 16.9 Å². The Morgan fingerprint density at radius 2 is 1.77 bits per heavy atom. The summed E-state index contributed by atoms with van der Waals surface area (Å²) >= 11 is 0. The average molecular weight is 176 g/mol. The van der Waals surface area contributed by atoms with Gasteiger partial charge < -0.3 is 11.5 Å². The lowest BCUT2D eigenvalue weighted by Gasteiger charge is -2.10. The second-order valence-electron chi connectivity index (χ2n) is 3.28. The molecule has 70 valence electrons. The monoisotopic (exact) mass is 176 g/mol. The molecule has 0 atom stereocenters. The fourth-order valence-electron chi connectivity index (χ4n) is 1.45. The first-order chi connectivity index (χ1) is 6.06. The Morgan fingerprint density at radius 3 is 2.08 bits per heavy atom. The van der Waals surface area contributed by atoms with Crippen LogP contribution in [-0.2, 0) is 6.42 Å². The zero-order chi connectivity index (χ0) is 10.0. The van der Waals surface area contributed by atoms with Gasteiger partial charge in [0.25, 0.3) is 0 Å². The number of aryl methyl sites for hydroxylation is 1. The number of anilines is 2. The molecule has 13 heavy (non-hydrogen) atoms. The summed E-state index contributed by atoms with van der Waals surface area (Å²) in [5.74, 6) is 0. The highest BCUT2D eigenvalue weighted by molar-refractivity contribution is 5.82. The van der Waals surface area contributed by atoms with E-state index in [4.69, 9.17) is 11.5 Å². The Labute approximate surface area is 79.2 Å². The molecule has 0 bridgehead atoms. The number of hydrogen-bond donors (Lipinski definition) is 2. The lowest BCUT2D eigenvalue weighted by atomic mass is 10.0. The summed E-state index contributed by atoms with van der Waals surface area (Å²) in [5, 5.41) is 0. The van der Waals surface area contributed by atoms with Gasteiger partial charge in [-0.2, -0.15) is 0 Å². The highest BCUT2D eigenvalue weighted by Crippen LogP contribution is 2.28. The van der Waals surface area contributed by atoms with Crippen LogP contribution in [-0.4, -0.2) is 0 Å². The van der Waals surface area contributed by atoms with Gasteiger partial charge in [-0.1, -0.05) is 13.5 Å². The van der Waals surface area contributed by atoms with Crippen LogP contribution in [0.2, 0.25) is 0 Å². The molecule has 0 aromatic heterocycles. The van der Waals surface area contributed by atoms with E-state index < -0.39 is 0 Å². The maximum atomic E-state index is 5.86. The average Bonchev–Trinajstić information content (AvgIpc) is 2.02. The molecule has 0 fully saturated rings. The van der Waals surface area contributed by atoms with Crippen molar-refractivity contribution in [2.24, 2.45) is 0 Å². The summed E-state index contributed by atoms with van der Waals surface area (Å²) in [6.07, 6.45) is 0.949. The van der Waals surface area contributed by atoms with E-state index in [1.165, 1.54) is 5.56 Å². The van der Waals surface area contributed by atoms with E-state index in [-0.39, 0.29) is 0 Å². The van der Waals surface area contributed by atoms with Crippen LogP contribution < -0.4 is 11.5 Å². The normalized spacial score (nSPS) is 10.0. The van der Waals surface area contributed by atoms with Crippen molar-refractivity contribution in [3.05, 3.63) is 29.8 Å². The second-order valence-corrected chi connectivity index (χ2v) is 3.28. The molecular formula is C11H16N2. The van der Waals surface area contributed by atoms with Gasteiger partial charge in [0.15, 0.2) is 0 Å². The minimum absolute atomic E-state index is 0.726. The van der Waals surface area contributed by atoms with E-state index in [9.17, 15) is 0 Å². The molecule has 0 saturated carbocycles. The molecule has 0 amide bonds. The van der Waals surface area contributed by atoms with Gasteiger partial charge in [-0.15, -0.1) is 0 Å². The number of nitrogen functional groups attached to an aromatic ring is 2. The Hall–Kier alpha value is -1.44. The Bertz CT molecular complexity index is 317. The van der Waals surface area contributed by atoms with Crippen molar-refractivity contribution in [3.8, 4) is 0 Å². The van der Waals surface area contributed by atoms with Crippen molar-refractivity contribution in [3.63, 3.8) is 0 Å². The molecule has 0 radical (unpaired) electrons. The van der Waals surface area contributed by atoms with Gasteiger partial charge in [-0.25, -0.2) is 0 Å². The van der Waals surface area contributed by atoms with E-state index in [1.807, 2.05) is 19.1 Å². The summed E-state index contributed by atoms with van der Waals surface area (Å²) in [4.78, 5) is 0. The van der Waals surface area contributed by atoms with Crippen LogP contribution in [0.25, 0.3) is 5.57 Å². The summed E-state index contributed by atoms with van der Waals surface area (Å²) in [6, 6.07) is 3.92. The first-order valence-electron chi connectivity index (χ1n) is 4.40. The highest BCUT2D eigenvalue weighted by atomic mass is 14.6. The van der Waals surface area contributed by atoms with Crippen LogP contribution >= 0.6 is 0 Å². The van der Waals surface area contributed by atoms with Gasteiger partial charge in [0.05, 0.1) is 0 Å². The quantitative estimate of drug-likeness (QED) is 0.680. The molecule has 0 aliphatic heterocycles. The molecule has 1 aromatic carbocycles. The van der Waals surface area contributed by atoms with E-state index in [1.54, 1.807) is 0 Å².